The molecule has 1 aliphatic heterocycles. The minimum atomic E-state index is -0.210. The summed E-state index contributed by atoms with van der Waals surface area (Å²) in [5, 5.41) is 7.65. The lowest BCUT2D eigenvalue weighted by molar-refractivity contribution is 0.111. The Hall–Kier alpha value is -1.99. The number of urea groups is 1. The van der Waals surface area contributed by atoms with Crippen molar-refractivity contribution in [2.24, 2.45) is 0 Å². The number of thiophene rings is 1. The van der Waals surface area contributed by atoms with Crippen molar-refractivity contribution in [3.63, 3.8) is 0 Å². The first-order chi connectivity index (χ1) is 10.8. The summed E-state index contributed by atoms with van der Waals surface area (Å²) >= 11 is 1.60. The summed E-state index contributed by atoms with van der Waals surface area (Å²) in [6.07, 6.45) is 5.52. The molecule has 3 heterocycles. The number of aromatic nitrogens is 2. The first-order valence-corrected chi connectivity index (χ1v) is 8.18. The van der Waals surface area contributed by atoms with Crippen LogP contribution in [0.15, 0.2) is 29.9 Å². The van der Waals surface area contributed by atoms with Gasteiger partial charge < -0.3 is 15.4 Å². The highest BCUT2D eigenvalue weighted by Crippen LogP contribution is 2.24. The largest absolute Gasteiger partial charge is 0.376 e. The molecule has 1 saturated heterocycles. The van der Waals surface area contributed by atoms with Gasteiger partial charge in [0, 0.05) is 25.5 Å². The van der Waals surface area contributed by atoms with Gasteiger partial charge in [-0.25, -0.2) is 4.79 Å². The molecule has 1 fully saturated rings. The van der Waals surface area contributed by atoms with Crippen molar-refractivity contribution in [1.29, 1.82) is 0 Å². The van der Waals surface area contributed by atoms with Crippen molar-refractivity contribution >= 4 is 17.4 Å². The number of rotatable bonds is 5. The summed E-state index contributed by atoms with van der Waals surface area (Å²) in [5.74, 6) is 0. The van der Waals surface area contributed by atoms with Crippen molar-refractivity contribution in [1.82, 2.24) is 20.6 Å². The topological polar surface area (TPSA) is 76.1 Å². The highest BCUT2D eigenvalue weighted by Gasteiger charge is 2.16. The van der Waals surface area contributed by atoms with Gasteiger partial charge >= 0.3 is 6.03 Å². The van der Waals surface area contributed by atoms with Crippen LogP contribution in [0.25, 0.3) is 10.6 Å². The number of nitrogens with zero attached hydrogens (tertiary/aromatic N) is 2. The maximum absolute atomic E-state index is 11.8. The van der Waals surface area contributed by atoms with Crippen LogP contribution in [0.3, 0.4) is 0 Å². The SMILES string of the molecule is O=C(NCc1nccnc1-c1cccs1)NCC1CCCO1. The molecule has 0 spiro atoms. The predicted molar refractivity (Wildman–Crippen MR) is 84.6 cm³/mol. The number of amides is 2. The molecule has 7 heteroatoms. The number of hydrogen-bond donors (Lipinski definition) is 2. The average molecular weight is 318 g/mol. The van der Waals surface area contributed by atoms with Gasteiger partial charge in [0.1, 0.15) is 5.69 Å². The molecule has 2 aromatic heterocycles. The third-order valence-electron chi connectivity index (χ3n) is 3.46. The van der Waals surface area contributed by atoms with Crippen LogP contribution in [0.1, 0.15) is 18.5 Å². The molecule has 0 saturated carbocycles. The highest BCUT2D eigenvalue weighted by atomic mass is 32.1. The van der Waals surface area contributed by atoms with E-state index < -0.39 is 0 Å². The van der Waals surface area contributed by atoms with Gasteiger partial charge in [0.25, 0.3) is 0 Å². The molecular formula is C15H18N4O2S. The van der Waals surface area contributed by atoms with E-state index in [9.17, 15) is 4.79 Å². The molecule has 1 aliphatic rings. The predicted octanol–water partition coefficient (Wildman–Crippen LogP) is 2.18. The lowest BCUT2D eigenvalue weighted by atomic mass is 10.2. The van der Waals surface area contributed by atoms with Gasteiger partial charge in [0.2, 0.25) is 0 Å². The van der Waals surface area contributed by atoms with E-state index in [1.807, 2.05) is 17.5 Å². The third-order valence-corrected chi connectivity index (χ3v) is 4.34. The molecule has 0 aliphatic carbocycles. The maximum atomic E-state index is 11.8. The molecule has 2 aromatic rings. The number of carbonyl (C=O) groups excluding carboxylic acids is 1. The summed E-state index contributed by atoms with van der Waals surface area (Å²) in [6.45, 7) is 1.68. The van der Waals surface area contributed by atoms with E-state index in [0.29, 0.717) is 13.1 Å². The summed E-state index contributed by atoms with van der Waals surface area (Å²) in [6, 6.07) is 3.76. The zero-order valence-electron chi connectivity index (χ0n) is 12.1. The molecule has 2 N–H and O–H groups in total. The second-order valence-electron chi connectivity index (χ2n) is 5.03. The van der Waals surface area contributed by atoms with Crippen LogP contribution in [-0.4, -0.2) is 35.3 Å². The molecule has 3 rings (SSSR count). The molecule has 116 valence electrons. The van der Waals surface area contributed by atoms with Crippen LogP contribution in [0.4, 0.5) is 4.79 Å². The van der Waals surface area contributed by atoms with Gasteiger partial charge in [-0.05, 0) is 24.3 Å². The van der Waals surface area contributed by atoms with Crippen molar-refractivity contribution in [3.05, 3.63) is 35.6 Å². The summed E-state index contributed by atoms with van der Waals surface area (Å²) in [5.41, 5.74) is 1.58. The number of ether oxygens (including phenoxy) is 1. The smallest absolute Gasteiger partial charge is 0.315 e. The zero-order chi connectivity index (χ0) is 15.2. The molecule has 0 radical (unpaired) electrons. The molecule has 0 bridgehead atoms. The van der Waals surface area contributed by atoms with E-state index in [2.05, 4.69) is 20.6 Å². The molecule has 1 unspecified atom stereocenters. The summed E-state index contributed by atoms with van der Waals surface area (Å²) in [4.78, 5) is 21.6. The van der Waals surface area contributed by atoms with Gasteiger partial charge in [-0.2, -0.15) is 0 Å². The minimum Gasteiger partial charge on any atom is -0.376 e. The second kappa shape index (κ2) is 7.33. The van der Waals surface area contributed by atoms with Crippen molar-refractivity contribution in [3.8, 4) is 10.6 Å². The van der Waals surface area contributed by atoms with Crippen molar-refractivity contribution < 1.29 is 9.53 Å². The van der Waals surface area contributed by atoms with Gasteiger partial charge in [-0.1, -0.05) is 6.07 Å². The fourth-order valence-electron chi connectivity index (χ4n) is 2.35. The van der Waals surface area contributed by atoms with E-state index in [4.69, 9.17) is 4.74 Å². The lowest BCUT2D eigenvalue weighted by Gasteiger charge is -2.12. The second-order valence-corrected chi connectivity index (χ2v) is 5.98. The highest BCUT2D eigenvalue weighted by molar-refractivity contribution is 7.13. The Bertz CT molecular complexity index is 612. The van der Waals surface area contributed by atoms with E-state index in [1.165, 1.54) is 0 Å². The Morgan fingerprint density at radius 2 is 2.27 bits per heavy atom. The third kappa shape index (κ3) is 3.80. The van der Waals surface area contributed by atoms with Crippen LogP contribution >= 0.6 is 11.3 Å². The van der Waals surface area contributed by atoms with Gasteiger partial charge in [-0.3, -0.25) is 9.97 Å². The number of carbonyl (C=O) groups is 1. The van der Waals surface area contributed by atoms with E-state index >= 15 is 0 Å². The Morgan fingerprint density at radius 3 is 3.05 bits per heavy atom. The first-order valence-electron chi connectivity index (χ1n) is 7.30. The number of nitrogens with one attached hydrogen (secondary N) is 2. The fraction of sp³-hybridized carbons (Fsp3) is 0.400. The van der Waals surface area contributed by atoms with Gasteiger partial charge in [0.05, 0.1) is 23.2 Å². The van der Waals surface area contributed by atoms with Crippen molar-refractivity contribution in [2.45, 2.75) is 25.5 Å². The maximum Gasteiger partial charge on any atom is 0.315 e. The molecule has 1 atom stereocenters. The van der Waals surface area contributed by atoms with E-state index in [0.717, 1.165) is 35.7 Å². The van der Waals surface area contributed by atoms with Crippen LogP contribution in [0, 0.1) is 0 Å². The fourth-order valence-corrected chi connectivity index (χ4v) is 3.10. The Kier molecular flexibility index (Phi) is 4.97. The van der Waals surface area contributed by atoms with Crippen LogP contribution in [0.5, 0.6) is 0 Å². The standard InChI is InChI=1S/C15H18N4O2S/c20-15(18-9-11-3-1-7-21-11)19-10-12-14(17-6-5-16-12)13-4-2-8-22-13/h2,4-6,8,11H,1,3,7,9-10H2,(H2,18,19,20). The molecule has 2 amide bonds. The Labute approximate surface area is 132 Å². The van der Waals surface area contributed by atoms with E-state index in [-0.39, 0.29) is 12.1 Å². The first kappa shape index (κ1) is 14.9. The minimum absolute atomic E-state index is 0.143. The Balaban J connectivity index is 1.54. The Morgan fingerprint density at radius 1 is 1.36 bits per heavy atom. The average Bonchev–Trinajstić information content (AvgIpc) is 3.24. The quantitative estimate of drug-likeness (QED) is 0.886. The lowest BCUT2D eigenvalue weighted by Crippen LogP contribution is -2.39. The molecule has 22 heavy (non-hydrogen) atoms. The van der Waals surface area contributed by atoms with E-state index in [1.54, 1.807) is 23.7 Å². The summed E-state index contributed by atoms with van der Waals surface area (Å²) < 4.78 is 5.47. The van der Waals surface area contributed by atoms with Gasteiger partial charge in [0.15, 0.2) is 0 Å². The molecular weight excluding hydrogens is 300 g/mol. The molecule has 0 aromatic carbocycles. The van der Waals surface area contributed by atoms with Crippen LogP contribution < -0.4 is 10.6 Å². The number of hydrogen-bond acceptors (Lipinski definition) is 5. The summed E-state index contributed by atoms with van der Waals surface area (Å²) in [7, 11) is 0. The monoisotopic (exact) mass is 318 g/mol. The van der Waals surface area contributed by atoms with Crippen molar-refractivity contribution in [2.75, 3.05) is 13.2 Å². The normalized spacial score (nSPS) is 17.4. The van der Waals surface area contributed by atoms with Gasteiger partial charge in [-0.15, -0.1) is 11.3 Å². The molecule has 6 nitrogen and oxygen atoms in total. The zero-order valence-corrected chi connectivity index (χ0v) is 12.9. The van der Waals surface area contributed by atoms with Crippen LogP contribution in [-0.2, 0) is 11.3 Å². The van der Waals surface area contributed by atoms with Crippen LogP contribution in [0.2, 0.25) is 0 Å².